The zero-order chi connectivity index (χ0) is 7.11. The third kappa shape index (κ3) is 4.39. The van der Waals surface area contributed by atoms with Crippen LogP contribution in [0.1, 0.15) is 6.42 Å². The first-order valence-corrected chi connectivity index (χ1v) is 2.97. The highest BCUT2D eigenvalue weighted by atomic mass is 16.5. The van der Waals surface area contributed by atoms with E-state index in [1.54, 1.807) is 14.2 Å². The second-order valence-corrected chi connectivity index (χ2v) is 1.83. The Morgan fingerprint density at radius 3 is 2.44 bits per heavy atom. The third-order valence-corrected chi connectivity index (χ3v) is 1.14. The van der Waals surface area contributed by atoms with Gasteiger partial charge in [-0.3, -0.25) is 0 Å². The summed E-state index contributed by atoms with van der Waals surface area (Å²) in [6.45, 7) is 0.707. The SMILES string of the molecule is COC[C@H](CCO)OC. The Balaban J connectivity index is 3.18. The molecule has 0 radical (unpaired) electrons. The quantitative estimate of drug-likeness (QED) is 0.576. The Bertz CT molecular complexity index is 50.3. The fourth-order valence-electron chi connectivity index (χ4n) is 0.599. The molecule has 0 bridgehead atoms. The van der Waals surface area contributed by atoms with Crippen LogP contribution in [0.15, 0.2) is 0 Å². The van der Waals surface area contributed by atoms with E-state index in [9.17, 15) is 0 Å². The highest BCUT2D eigenvalue weighted by molar-refractivity contribution is 4.53. The molecule has 0 rings (SSSR count). The topological polar surface area (TPSA) is 38.7 Å². The van der Waals surface area contributed by atoms with Gasteiger partial charge in [0.1, 0.15) is 0 Å². The summed E-state index contributed by atoms with van der Waals surface area (Å²) in [5, 5.41) is 8.46. The molecule has 0 heterocycles. The Labute approximate surface area is 55.6 Å². The van der Waals surface area contributed by atoms with E-state index in [-0.39, 0.29) is 12.7 Å². The van der Waals surface area contributed by atoms with Gasteiger partial charge in [-0.05, 0) is 6.42 Å². The van der Waals surface area contributed by atoms with Crippen LogP contribution < -0.4 is 0 Å². The van der Waals surface area contributed by atoms with Crippen LogP contribution >= 0.6 is 0 Å². The zero-order valence-electron chi connectivity index (χ0n) is 5.96. The summed E-state index contributed by atoms with van der Waals surface area (Å²) in [6, 6.07) is 0. The molecule has 0 saturated heterocycles. The molecule has 9 heavy (non-hydrogen) atoms. The first-order valence-electron chi connectivity index (χ1n) is 2.97. The van der Waals surface area contributed by atoms with Gasteiger partial charge in [-0.1, -0.05) is 0 Å². The Morgan fingerprint density at radius 1 is 1.44 bits per heavy atom. The summed E-state index contributed by atoms with van der Waals surface area (Å²) < 4.78 is 9.76. The van der Waals surface area contributed by atoms with Crippen LogP contribution in [-0.4, -0.2) is 38.6 Å². The minimum atomic E-state index is 0.0417. The van der Waals surface area contributed by atoms with Crippen molar-refractivity contribution in [2.45, 2.75) is 12.5 Å². The maximum absolute atomic E-state index is 8.46. The molecule has 0 aromatic rings. The standard InChI is InChI=1S/C6H14O3/c1-8-5-6(9-2)3-4-7/h6-7H,3-5H2,1-2H3/t6-/m0/s1. The molecule has 0 aliphatic rings. The number of rotatable bonds is 5. The van der Waals surface area contributed by atoms with Gasteiger partial charge in [-0.2, -0.15) is 0 Å². The normalized spacial score (nSPS) is 13.7. The number of hydrogen-bond acceptors (Lipinski definition) is 3. The predicted molar refractivity (Wildman–Crippen MR) is 34.4 cm³/mol. The van der Waals surface area contributed by atoms with Gasteiger partial charge in [-0.25, -0.2) is 0 Å². The average molecular weight is 134 g/mol. The summed E-state index contributed by atoms with van der Waals surface area (Å²) in [6.07, 6.45) is 0.685. The maximum atomic E-state index is 8.46. The Morgan fingerprint density at radius 2 is 2.11 bits per heavy atom. The van der Waals surface area contributed by atoms with Crippen molar-refractivity contribution in [2.75, 3.05) is 27.4 Å². The molecule has 0 aliphatic heterocycles. The molecule has 3 heteroatoms. The van der Waals surface area contributed by atoms with Crippen molar-refractivity contribution in [1.29, 1.82) is 0 Å². The molecule has 0 amide bonds. The molecule has 1 atom stereocenters. The van der Waals surface area contributed by atoms with Crippen LogP contribution in [0.25, 0.3) is 0 Å². The monoisotopic (exact) mass is 134 g/mol. The van der Waals surface area contributed by atoms with Gasteiger partial charge in [0.05, 0.1) is 12.7 Å². The largest absolute Gasteiger partial charge is 0.396 e. The molecule has 0 aromatic heterocycles. The summed E-state index contributed by atoms with van der Waals surface area (Å²) in [7, 11) is 3.22. The number of aliphatic hydroxyl groups excluding tert-OH is 1. The fraction of sp³-hybridized carbons (Fsp3) is 1.00. The molecule has 0 aromatic carbocycles. The lowest BCUT2D eigenvalue weighted by Crippen LogP contribution is -2.18. The van der Waals surface area contributed by atoms with Gasteiger partial charge in [0, 0.05) is 20.8 Å². The van der Waals surface area contributed by atoms with Crippen molar-refractivity contribution >= 4 is 0 Å². The van der Waals surface area contributed by atoms with Gasteiger partial charge >= 0.3 is 0 Å². The molecule has 56 valence electrons. The molecular formula is C6H14O3. The first-order chi connectivity index (χ1) is 4.35. The summed E-state index contributed by atoms with van der Waals surface area (Å²) in [5.41, 5.74) is 0. The second kappa shape index (κ2) is 6.01. The average Bonchev–Trinajstić information content (AvgIpc) is 1.88. The minimum Gasteiger partial charge on any atom is -0.396 e. The van der Waals surface area contributed by atoms with Crippen LogP contribution in [-0.2, 0) is 9.47 Å². The Kier molecular flexibility index (Phi) is 5.93. The number of ether oxygens (including phenoxy) is 2. The molecule has 1 N–H and O–H groups in total. The molecule has 0 saturated carbocycles. The van der Waals surface area contributed by atoms with E-state index >= 15 is 0 Å². The number of hydrogen-bond donors (Lipinski definition) is 1. The predicted octanol–water partition coefficient (Wildman–Crippen LogP) is 0.0302. The first kappa shape index (κ1) is 8.88. The number of aliphatic hydroxyl groups is 1. The van der Waals surface area contributed by atoms with Gasteiger partial charge < -0.3 is 14.6 Å². The van der Waals surface area contributed by atoms with Gasteiger partial charge in [0.2, 0.25) is 0 Å². The summed E-state index contributed by atoms with van der Waals surface area (Å²) >= 11 is 0. The van der Waals surface area contributed by atoms with E-state index < -0.39 is 0 Å². The molecule has 0 spiro atoms. The van der Waals surface area contributed by atoms with Crippen molar-refractivity contribution < 1.29 is 14.6 Å². The van der Waals surface area contributed by atoms with E-state index in [0.717, 1.165) is 0 Å². The van der Waals surface area contributed by atoms with Gasteiger partial charge in [-0.15, -0.1) is 0 Å². The lowest BCUT2D eigenvalue weighted by Gasteiger charge is -2.11. The van der Waals surface area contributed by atoms with Crippen LogP contribution in [0.4, 0.5) is 0 Å². The molecule has 0 unspecified atom stereocenters. The van der Waals surface area contributed by atoms with Crippen LogP contribution in [0.3, 0.4) is 0 Å². The van der Waals surface area contributed by atoms with Crippen molar-refractivity contribution in [2.24, 2.45) is 0 Å². The third-order valence-electron chi connectivity index (χ3n) is 1.14. The summed E-state index contributed by atoms with van der Waals surface area (Å²) in [5.74, 6) is 0. The highest BCUT2D eigenvalue weighted by Gasteiger charge is 2.03. The second-order valence-electron chi connectivity index (χ2n) is 1.83. The van der Waals surface area contributed by atoms with Crippen molar-refractivity contribution in [3.63, 3.8) is 0 Å². The van der Waals surface area contributed by atoms with E-state index in [1.807, 2.05) is 0 Å². The fourth-order valence-corrected chi connectivity index (χ4v) is 0.599. The smallest absolute Gasteiger partial charge is 0.0826 e. The van der Waals surface area contributed by atoms with Gasteiger partial charge in [0.15, 0.2) is 0 Å². The zero-order valence-corrected chi connectivity index (χ0v) is 5.96. The lowest BCUT2D eigenvalue weighted by atomic mass is 10.3. The van der Waals surface area contributed by atoms with E-state index in [2.05, 4.69) is 0 Å². The molecule has 3 nitrogen and oxygen atoms in total. The van der Waals surface area contributed by atoms with Crippen LogP contribution in [0.5, 0.6) is 0 Å². The van der Waals surface area contributed by atoms with Crippen molar-refractivity contribution in [3.05, 3.63) is 0 Å². The van der Waals surface area contributed by atoms with Crippen molar-refractivity contribution in [3.8, 4) is 0 Å². The Hall–Kier alpha value is -0.120. The minimum absolute atomic E-state index is 0.0417. The highest BCUT2D eigenvalue weighted by Crippen LogP contribution is 1.94. The molecular weight excluding hydrogens is 120 g/mol. The lowest BCUT2D eigenvalue weighted by molar-refractivity contribution is 0.0141. The van der Waals surface area contributed by atoms with Crippen LogP contribution in [0, 0.1) is 0 Å². The molecule has 0 fully saturated rings. The summed E-state index contributed by atoms with van der Waals surface area (Å²) in [4.78, 5) is 0. The number of methoxy groups -OCH3 is 2. The van der Waals surface area contributed by atoms with Gasteiger partial charge in [0.25, 0.3) is 0 Å². The van der Waals surface area contributed by atoms with E-state index in [1.165, 1.54) is 0 Å². The van der Waals surface area contributed by atoms with E-state index in [4.69, 9.17) is 14.6 Å². The van der Waals surface area contributed by atoms with E-state index in [0.29, 0.717) is 13.0 Å². The molecule has 0 aliphatic carbocycles. The maximum Gasteiger partial charge on any atom is 0.0826 e. The van der Waals surface area contributed by atoms with Crippen LogP contribution in [0.2, 0.25) is 0 Å². The van der Waals surface area contributed by atoms with Crippen molar-refractivity contribution in [1.82, 2.24) is 0 Å².